The minimum absolute atomic E-state index is 0. The number of benzene rings is 1. The second kappa shape index (κ2) is 8.37. The first-order chi connectivity index (χ1) is 7.24. The Bertz CT molecular complexity index is 398. The minimum Gasteiger partial charge on any atom is -0.654 e. The van der Waals surface area contributed by atoms with Crippen LogP contribution in [0.2, 0.25) is 0 Å². The summed E-state index contributed by atoms with van der Waals surface area (Å²) in [4.78, 5) is 16.7. The molecule has 1 N–H and O–H groups in total. The van der Waals surface area contributed by atoms with Crippen LogP contribution in [0.5, 0.6) is 0 Å². The van der Waals surface area contributed by atoms with Gasteiger partial charge in [-0.15, -0.1) is 18.7 Å². The molecule has 2 rings (SSSR count). The van der Waals surface area contributed by atoms with Crippen molar-refractivity contribution in [3.63, 3.8) is 0 Å². The van der Waals surface area contributed by atoms with Crippen LogP contribution in [0.3, 0.4) is 0 Å². The normalized spacial score (nSPS) is 8.62. The molecule has 0 aliphatic rings. The van der Waals surface area contributed by atoms with Gasteiger partial charge in [-0.3, -0.25) is 0 Å². The van der Waals surface area contributed by atoms with Gasteiger partial charge in [0.1, 0.15) is 0 Å². The monoisotopic (exact) mass is 441 g/mol. The van der Waals surface area contributed by atoms with E-state index in [4.69, 9.17) is 0 Å². The van der Waals surface area contributed by atoms with Crippen molar-refractivity contribution in [1.82, 2.24) is 9.97 Å². The number of hydrogen-bond acceptors (Lipinski definition) is 2. The molecule has 0 unspecified atom stereocenters. The molecule has 5 heteroatoms. The Morgan fingerprint density at radius 2 is 2.19 bits per heavy atom. The predicted octanol–water partition coefficient (Wildman–Crippen LogP) is 2.29. The minimum atomic E-state index is -0.0856. The van der Waals surface area contributed by atoms with Gasteiger partial charge in [-0.25, -0.2) is 0 Å². The van der Waals surface area contributed by atoms with Crippen LogP contribution in [0.15, 0.2) is 24.3 Å². The number of nitrogens with zero attached hydrogens (tertiary/aromatic N) is 2. The number of rotatable bonds is 1. The van der Waals surface area contributed by atoms with Crippen molar-refractivity contribution in [3.8, 4) is 0 Å². The van der Waals surface area contributed by atoms with Crippen molar-refractivity contribution < 1.29 is 35.9 Å². The van der Waals surface area contributed by atoms with Crippen molar-refractivity contribution in [1.29, 1.82) is 0 Å². The van der Waals surface area contributed by atoms with E-state index in [-0.39, 0.29) is 37.0 Å². The van der Waals surface area contributed by atoms with Gasteiger partial charge in [0.05, 0.1) is 0 Å². The Kier molecular flexibility index (Phi) is 7.96. The summed E-state index contributed by atoms with van der Waals surface area (Å²) in [7, 11) is 0. The molecular formula is C11H13N3OU. The maximum atomic E-state index is 9.88. The summed E-state index contributed by atoms with van der Waals surface area (Å²) < 4.78 is 0. The number of carbonyl (C=O) groups is 1. The zero-order chi connectivity index (χ0) is 11.1. The summed E-state index contributed by atoms with van der Waals surface area (Å²) in [6.07, 6.45) is 2.66. The first kappa shape index (κ1) is 15.2. The maximum absolute atomic E-state index is 9.88. The average Bonchev–Trinajstić information content (AvgIpc) is 2.65. The molecule has 0 saturated heterocycles. The Morgan fingerprint density at radius 1 is 1.50 bits per heavy atom. The van der Waals surface area contributed by atoms with Crippen LogP contribution in [0.4, 0.5) is 0 Å². The molecule has 0 spiro atoms. The van der Waals surface area contributed by atoms with Crippen molar-refractivity contribution in [2.24, 2.45) is 0 Å². The van der Waals surface area contributed by atoms with Crippen LogP contribution in [0.1, 0.15) is 13.8 Å². The molecule has 0 saturated carbocycles. The second-order valence-electron chi connectivity index (χ2n) is 2.86. The number of amides is 1. The average molecular weight is 441 g/mol. The molecular weight excluding hydrogens is 428 g/mol. The van der Waals surface area contributed by atoms with Crippen molar-refractivity contribution >= 4 is 16.9 Å². The van der Waals surface area contributed by atoms with Gasteiger partial charge in [-0.1, -0.05) is 30.1 Å². The number of H-pyrrole nitrogens is 1. The number of carbonyl (C=O) groups excluding carboxylic acids is 1. The molecule has 16 heavy (non-hydrogen) atoms. The fourth-order valence-corrected chi connectivity index (χ4v) is 1.05. The fourth-order valence-electron chi connectivity index (χ4n) is 1.05. The van der Waals surface area contributed by atoms with Gasteiger partial charge in [0.25, 0.3) is 0 Å². The van der Waals surface area contributed by atoms with E-state index in [1.807, 2.05) is 31.2 Å². The number of para-hydroxylation sites is 2. The van der Waals surface area contributed by atoms with Gasteiger partial charge < -0.3 is 20.1 Å². The Balaban J connectivity index is 0.000000289. The molecule has 2 aromatic rings. The zero-order valence-electron chi connectivity index (χ0n) is 9.32. The summed E-state index contributed by atoms with van der Waals surface area (Å²) in [5.41, 5.74) is 2.01. The molecule has 1 amide bonds. The number of imidazole rings is 1. The Morgan fingerprint density at radius 3 is 2.69 bits per heavy atom. The molecule has 0 fully saturated rings. The van der Waals surface area contributed by atoms with Crippen LogP contribution in [-0.2, 0) is 4.79 Å². The van der Waals surface area contributed by atoms with Gasteiger partial charge in [-0.05, 0) is 13.3 Å². The SMILES string of the molecule is CC[N-]C(C)=O.[U+2].[c-]1nc2ccccc2[nH]1. The first-order valence-corrected chi connectivity index (χ1v) is 4.73. The summed E-state index contributed by atoms with van der Waals surface area (Å²) in [5, 5.41) is 3.49. The molecule has 0 aliphatic heterocycles. The number of aromatic nitrogens is 2. The second-order valence-corrected chi connectivity index (χ2v) is 2.86. The fraction of sp³-hybridized carbons (Fsp3) is 0.273. The molecule has 82 valence electrons. The van der Waals surface area contributed by atoms with Gasteiger partial charge in [0, 0.05) is 5.91 Å². The standard InChI is InChI=1S/C7H5N2.C4H9NO.U/c1-2-4-7-6(3-1)8-5-9-7;1-3-5-4(2)6;/h1-4H,(H,8,9);3H2,1-2H3,(H,5,6);/q-1;;+2/p-1. The van der Waals surface area contributed by atoms with E-state index in [0.29, 0.717) is 6.54 Å². The molecule has 0 aliphatic carbocycles. The largest absolute Gasteiger partial charge is 2.00 e. The van der Waals surface area contributed by atoms with Gasteiger partial charge >= 0.3 is 31.1 Å². The van der Waals surface area contributed by atoms with Crippen LogP contribution in [-0.4, -0.2) is 22.4 Å². The molecule has 1 heterocycles. The first-order valence-electron chi connectivity index (χ1n) is 4.73. The summed E-state index contributed by atoms with van der Waals surface area (Å²) in [6.45, 7) is 3.89. The van der Waals surface area contributed by atoms with E-state index < -0.39 is 0 Å². The van der Waals surface area contributed by atoms with E-state index in [2.05, 4.69) is 21.6 Å². The Labute approximate surface area is 119 Å². The molecule has 0 bridgehead atoms. The number of hydrogen-bond donors (Lipinski definition) is 1. The zero-order valence-corrected chi connectivity index (χ0v) is 13.5. The molecule has 0 atom stereocenters. The van der Waals surface area contributed by atoms with Crippen LogP contribution in [0.25, 0.3) is 16.4 Å². The van der Waals surface area contributed by atoms with E-state index in [9.17, 15) is 4.79 Å². The summed E-state index contributed by atoms with van der Waals surface area (Å²) in [5.74, 6) is -0.0856. The Hall–Kier alpha value is -0.788. The van der Waals surface area contributed by atoms with E-state index in [1.54, 1.807) is 0 Å². The summed E-state index contributed by atoms with van der Waals surface area (Å²) in [6, 6.07) is 7.84. The smallest absolute Gasteiger partial charge is 0.654 e. The van der Waals surface area contributed by atoms with Crippen molar-refractivity contribution in [2.75, 3.05) is 6.54 Å². The van der Waals surface area contributed by atoms with E-state index >= 15 is 0 Å². The van der Waals surface area contributed by atoms with Crippen LogP contribution >= 0.6 is 0 Å². The number of nitrogens with one attached hydrogen (secondary N) is 1. The molecule has 0 radical (unpaired) electrons. The molecule has 4 nitrogen and oxygen atoms in total. The topological polar surface area (TPSA) is 59.9 Å². The van der Waals surface area contributed by atoms with Gasteiger partial charge in [-0.2, -0.15) is 0 Å². The van der Waals surface area contributed by atoms with Gasteiger partial charge in [0.2, 0.25) is 0 Å². The van der Waals surface area contributed by atoms with Crippen molar-refractivity contribution in [3.05, 3.63) is 35.9 Å². The third-order valence-electron chi connectivity index (χ3n) is 1.65. The summed E-state index contributed by atoms with van der Waals surface area (Å²) >= 11 is 0. The van der Waals surface area contributed by atoms with Crippen molar-refractivity contribution in [2.45, 2.75) is 13.8 Å². The van der Waals surface area contributed by atoms with E-state index in [1.165, 1.54) is 6.92 Å². The van der Waals surface area contributed by atoms with E-state index in [0.717, 1.165) is 11.0 Å². The number of aromatic amines is 1. The third-order valence-corrected chi connectivity index (χ3v) is 1.65. The van der Waals surface area contributed by atoms with Crippen LogP contribution in [0, 0.1) is 37.4 Å². The quantitative estimate of drug-likeness (QED) is 0.691. The van der Waals surface area contributed by atoms with Crippen LogP contribution < -0.4 is 0 Å². The predicted molar refractivity (Wildman–Crippen MR) is 59.5 cm³/mol. The molecule has 1 aromatic heterocycles. The van der Waals surface area contributed by atoms with Gasteiger partial charge in [0.15, 0.2) is 0 Å². The maximum Gasteiger partial charge on any atom is 2.00 e. The molecule has 1 aromatic carbocycles. The number of fused-ring (bicyclic) bond motifs is 1. The third kappa shape index (κ3) is 5.34.